The Bertz CT molecular complexity index is 718. The highest BCUT2D eigenvalue weighted by Gasteiger charge is 2.22. The summed E-state index contributed by atoms with van der Waals surface area (Å²) in [6.07, 6.45) is 0. The minimum atomic E-state index is -0.437. The molecule has 0 unspecified atom stereocenters. The van der Waals surface area contributed by atoms with E-state index in [1.807, 2.05) is 30.9 Å². The van der Waals surface area contributed by atoms with Crippen molar-refractivity contribution >= 4 is 11.9 Å². The fraction of sp³-hybridized carbons (Fsp3) is 0.619. The minimum absolute atomic E-state index is 0.211. The molecule has 1 aromatic rings. The average molecular weight is 423 g/mol. The van der Waals surface area contributed by atoms with Crippen LogP contribution >= 0.6 is 0 Å². The molecule has 1 heterocycles. The molecule has 1 saturated heterocycles. The van der Waals surface area contributed by atoms with E-state index in [-0.39, 0.29) is 12.5 Å². The van der Waals surface area contributed by atoms with Crippen LogP contribution in [0, 0.1) is 5.92 Å². The molecule has 3 amide bonds. The Kier molecular flexibility index (Phi) is 9.19. The van der Waals surface area contributed by atoms with Crippen LogP contribution < -0.4 is 24.8 Å². The Morgan fingerprint density at radius 3 is 2.17 bits per heavy atom. The molecule has 0 spiro atoms. The molecular formula is C21H34N4O5. The second-order valence-corrected chi connectivity index (χ2v) is 7.70. The zero-order chi connectivity index (χ0) is 22.1. The predicted molar refractivity (Wildman–Crippen MR) is 114 cm³/mol. The number of ether oxygens (including phenoxy) is 3. The van der Waals surface area contributed by atoms with Crippen LogP contribution in [0.5, 0.6) is 17.2 Å². The number of hydrogen-bond donors (Lipinski definition) is 2. The molecule has 0 atom stereocenters. The van der Waals surface area contributed by atoms with Crippen LogP contribution in [-0.4, -0.2) is 82.3 Å². The molecule has 30 heavy (non-hydrogen) atoms. The number of methoxy groups -OCH3 is 3. The molecule has 168 valence electrons. The van der Waals surface area contributed by atoms with Gasteiger partial charge >= 0.3 is 6.03 Å². The third-order valence-corrected chi connectivity index (χ3v) is 4.94. The van der Waals surface area contributed by atoms with Gasteiger partial charge in [-0.2, -0.15) is 0 Å². The van der Waals surface area contributed by atoms with Gasteiger partial charge in [0.1, 0.15) is 0 Å². The van der Waals surface area contributed by atoms with Gasteiger partial charge in [-0.1, -0.05) is 19.9 Å². The van der Waals surface area contributed by atoms with Crippen LogP contribution in [0.4, 0.5) is 4.79 Å². The summed E-state index contributed by atoms with van der Waals surface area (Å²) in [6.45, 7) is 8.57. The number of carbonyl (C=O) groups is 2. The Hall–Kier alpha value is -2.52. The van der Waals surface area contributed by atoms with Crippen molar-refractivity contribution in [3.05, 3.63) is 17.7 Å². The third-order valence-electron chi connectivity index (χ3n) is 4.94. The highest BCUT2D eigenvalue weighted by atomic mass is 16.5. The molecule has 0 saturated carbocycles. The topological polar surface area (TPSA) is 92.4 Å². The van der Waals surface area contributed by atoms with E-state index in [1.165, 1.54) is 0 Å². The summed E-state index contributed by atoms with van der Waals surface area (Å²) in [5.74, 6) is 1.94. The number of urea groups is 1. The molecule has 0 aliphatic carbocycles. The van der Waals surface area contributed by atoms with Crippen molar-refractivity contribution in [2.75, 3.05) is 60.6 Å². The highest BCUT2D eigenvalue weighted by molar-refractivity contribution is 5.95. The maximum Gasteiger partial charge on any atom is 0.321 e. The molecular weight excluding hydrogens is 388 g/mol. The molecule has 1 fully saturated rings. The number of rotatable bonds is 9. The summed E-state index contributed by atoms with van der Waals surface area (Å²) in [5, 5.41) is 5.07. The standard InChI is InChI=1S/C21H34N4O5/c1-15(2)12-22-21(27)23-18(26)14-25-10-8-24(9-11-25)13-16-6-7-17(28-3)20(30-5)19(16)29-4/h6-7,15H,8-14H2,1-5H3,(H2,22,23,26,27). The van der Waals surface area contributed by atoms with E-state index < -0.39 is 6.03 Å². The molecule has 1 aliphatic heterocycles. The van der Waals surface area contributed by atoms with E-state index in [0.29, 0.717) is 36.3 Å². The molecule has 9 heteroatoms. The van der Waals surface area contributed by atoms with Crippen LogP contribution in [-0.2, 0) is 11.3 Å². The van der Waals surface area contributed by atoms with Crippen LogP contribution in [0.3, 0.4) is 0 Å². The lowest BCUT2D eigenvalue weighted by Crippen LogP contribution is -2.51. The van der Waals surface area contributed by atoms with Crippen LogP contribution in [0.25, 0.3) is 0 Å². The van der Waals surface area contributed by atoms with Gasteiger partial charge in [-0.25, -0.2) is 4.79 Å². The number of benzene rings is 1. The molecule has 0 bridgehead atoms. The number of nitrogens with zero attached hydrogens (tertiary/aromatic N) is 2. The summed E-state index contributed by atoms with van der Waals surface area (Å²) in [6, 6.07) is 3.42. The lowest BCUT2D eigenvalue weighted by molar-refractivity contribution is -0.121. The van der Waals surface area contributed by atoms with Gasteiger partial charge in [0.25, 0.3) is 0 Å². The lowest BCUT2D eigenvalue weighted by atomic mass is 10.1. The quantitative estimate of drug-likeness (QED) is 0.620. The zero-order valence-electron chi connectivity index (χ0n) is 18.6. The van der Waals surface area contributed by atoms with E-state index in [9.17, 15) is 9.59 Å². The highest BCUT2D eigenvalue weighted by Crippen LogP contribution is 2.40. The van der Waals surface area contributed by atoms with Crippen molar-refractivity contribution in [1.82, 2.24) is 20.4 Å². The van der Waals surface area contributed by atoms with Crippen LogP contribution in [0.1, 0.15) is 19.4 Å². The van der Waals surface area contributed by atoms with Crippen molar-refractivity contribution < 1.29 is 23.8 Å². The first kappa shape index (κ1) is 23.8. The molecule has 1 aromatic carbocycles. The van der Waals surface area contributed by atoms with Gasteiger partial charge in [0.15, 0.2) is 11.5 Å². The summed E-state index contributed by atoms with van der Waals surface area (Å²) >= 11 is 0. The number of amides is 3. The average Bonchev–Trinajstić information content (AvgIpc) is 2.73. The first-order valence-electron chi connectivity index (χ1n) is 10.2. The molecule has 2 N–H and O–H groups in total. The largest absolute Gasteiger partial charge is 0.493 e. The fourth-order valence-corrected chi connectivity index (χ4v) is 3.34. The summed E-state index contributed by atoms with van der Waals surface area (Å²) in [4.78, 5) is 28.1. The molecule has 0 aromatic heterocycles. The Balaban J connectivity index is 1.84. The molecule has 1 aliphatic rings. The summed E-state index contributed by atoms with van der Waals surface area (Å²) in [7, 11) is 4.81. The number of imide groups is 1. The van der Waals surface area contributed by atoms with Gasteiger partial charge in [0.2, 0.25) is 11.7 Å². The molecule has 9 nitrogen and oxygen atoms in total. The van der Waals surface area contributed by atoms with Crippen molar-refractivity contribution in [2.24, 2.45) is 5.92 Å². The summed E-state index contributed by atoms with van der Waals surface area (Å²) < 4.78 is 16.4. The number of carbonyl (C=O) groups excluding carboxylic acids is 2. The van der Waals surface area contributed by atoms with E-state index >= 15 is 0 Å². The predicted octanol–water partition coefficient (Wildman–Crippen LogP) is 1.31. The van der Waals surface area contributed by atoms with Crippen LogP contribution in [0.15, 0.2) is 12.1 Å². The second-order valence-electron chi connectivity index (χ2n) is 7.70. The number of hydrogen-bond acceptors (Lipinski definition) is 7. The lowest BCUT2D eigenvalue weighted by Gasteiger charge is -2.34. The normalized spacial score (nSPS) is 15.0. The minimum Gasteiger partial charge on any atom is -0.493 e. The molecule has 0 radical (unpaired) electrons. The van der Waals surface area contributed by atoms with Gasteiger partial charge in [-0.15, -0.1) is 0 Å². The monoisotopic (exact) mass is 422 g/mol. The van der Waals surface area contributed by atoms with E-state index in [1.54, 1.807) is 21.3 Å². The van der Waals surface area contributed by atoms with Crippen molar-refractivity contribution in [3.8, 4) is 17.2 Å². The summed E-state index contributed by atoms with van der Waals surface area (Å²) in [5.41, 5.74) is 1.02. The SMILES string of the molecule is COc1ccc(CN2CCN(CC(=O)NC(=O)NCC(C)C)CC2)c(OC)c1OC. The van der Waals surface area contributed by atoms with Crippen molar-refractivity contribution in [3.63, 3.8) is 0 Å². The van der Waals surface area contributed by atoms with Gasteiger partial charge in [0, 0.05) is 44.8 Å². The molecule has 2 rings (SSSR count). The maximum absolute atomic E-state index is 12.1. The Morgan fingerprint density at radius 1 is 0.967 bits per heavy atom. The van der Waals surface area contributed by atoms with E-state index in [0.717, 1.165) is 31.7 Å². The Morgan fingerprint density at radius 2 is 1.60 bits per heavy atom. The number of piperazine rings is 1. The third kappa shape index (κ3) is 6.77. The van der Waals surface area contributed by atoms with Crippen molar-refractivity contribution in [1.29, 1.82) is 0 Å². The van der Waals surface area contributed by atoms with Gasteiger partial charge in [0.05, 0.1) is 27.9 Å². The van der Waals surface area contributed by atoms with Gasteiger partial charge < -0.3 is 19.5 Å². The maximum atomic E-state index is 12.1. The van der Waals surface area contributed by atoms with Crippen LogP contribution in [0.2, 0.25) is 0 Å². The first-order valence-corrected chi connectivity index (χ1v) is 10.2. The smallest absolute Gasteiger partial charge is 0.321 e. The number of nitrogens with one attached hydrogen (secondary N) is 2. The second kappa shape index (κ2) is 11.6. The van der Waals surface area contributed by atoms with Crippen molar-refractivity contribution in [2.45, 2.75) is 20.4 Å². The Labute approximate surface area is 178 Å². The van der Waals surface area contributed by atoms with Gasteiger partial charge in [-0.05, 0) is 12.0 Å². The van der Waals surface area contributed by atoms with E-state index in [2.05, 4.69) is 15.5 Å². The first-order chi connectivity index (χ1) is 14.4. The van der Waals surface area contributed by atoms with Gasteiger partial charge in [-0.3, -0.25) is 19.9 Å². The van der Waals surface area contributed by atoms with E-state index in [4.69, 9.17) is 14.2 Å². The fourth-order valence-electron chi connectivity index (χ4n) is 3.34. The zero-order valence-corrected chi connectivity index (χ0v) is 18.6.